The molecule has 1 saturated heterocycles. The lowest BCUT2D eigenvalue weighted by Crippen LogP contribution is -2.60. The molecule has 1 N–H and O–H groups in total. The molecule has 76 valence electrons. The van der Waals surface area contributed by atoms with Crippen molar-refractivity contribution in [1.82, 2.24) is 10.2 Å². The van der Waals surface area contributed by atoms with Crippen LogP contribution in [0.4, 0.5) is 0 Å². The van der Waals surface area contributed by atoms with Crippen molar-refractivity contribution >= 4 is 17.7 Å². The van der Waals surface area contributed by atoms with E-state index >= 15 is 0 Å². The van der Waals surface area contributed by atoms with E-state index in [1.54, 1.807) is 11.8 Å². The SMILES string of the molecule is CSCC(=O)N1CCNCC1(C)C. The Bertz CT molecular complexity index is 194. The van der Waals surface area contributed by atoms with Gasteiger partial charge in [-0.2, -0.15) is 11.8 Å². The van der Waals surface area contributed by atoms with Gasteiger partial charge in [0.15, 0.2) is 0 Å². The van der Waals surface area contributed by atoms with Crippen LogP contribution < -0.4 is 5.32 Å². The van der Waals surface area contributed by atoms with Crippen molar-refractivity contribution in [2.24, 2.45) is 0 Å². The van der Waals surface area contributed by atoms with Gasteiger partial charge in [-0.05, 0) is 20.1 Å². The van der Waals surface area contributed by atoms with Crippen molar-refractivity contribution < 1.29 is 4.79 Å². The maximum Gasteiger partial charge on any atom is 0.233 e. The summed E-state index contributed by atoms with van der Waals surface area (Å²) in [6.07, 6.45) is 1.97. The first kappa shape index (κ1) is 10.9. The average Bonchev–Trinajstić information content (AvgIpc) is 2.03. The highest BCUT2D eigenvalue weighted by molar-refractivity contribution is 7.99. The Hall–Kier alpha value is -0.220. The number of hydrogen-bond acceptors (Lipinski definition) is 3. The highest BCUT2D eigenvalue weighted by Crippen LogP contribution is 2.17. The minimum absolute atomic E-state index is 0.0228. The first-order valence-electron chi connectivity index (χ1n) is 4.58. The van der Waals surface area contributed by atoms with Crippen molar-refractivity contribution in [1.29, 1.82) is 0 Å². The summed E-state index contributed by atoms with van der Waals surface area (Å²) in [5.41, 5.74) is -0.0228. The van der Waals surface area contributed by atoms with Crippen molar-refractivity contribution in [3.05, 3.63) is 0 Å². The third-order valence-corrected chi connectivity index (χ3v) is 2.90. The fourth-order valence-electron chi connectivity index (χ4n) is 1.65. The molecule has 3 nitrogen and oxygen atoms in total. The minimum Gasteiger partial charge on any atom is -0.334 e. The number of piperazine rings is 1. The van der Waals surface area contributed by atoms with E-state index in [-0.39, 0.29) is 11.4 Å². The molecule has 0 unspecified atom stereocenters. The highest BCUT2D eigenvalue weighted by atomic mass is 32.2. The zero-order valence-electron chi connectivity index (χ0n) is 8.59. The molecule has 1 fully saturated rings. The first-order valence-corrected chi connectivity index (χ1v) is 5.97. The molecule has 1 heterocycles. The number of nitrogens with one attached hydrogen (secondary N) is 1. The second-order valence-corrected chi connectivity index (χ2v) is 4.83. The Morgan fingerprint density at radius 2 is 2.31 bits per heavy atom. The quantitative estimate of drug-likeness (QED) is 0.710. The molecule has 0 aromatic heterocycles. The Morgan fingerprint density at radius 1 is 1.62 bits per heavy atom. The highest BCUT2D eigenvalue weighted by Gasteiger charge is 2.32. The fraction of sp³-hybridized carbons (Fsp3) is 0.889. The van der Waals surface area contributed by atoms with Gasteiger partial charge in [-0.15, -0.1) is 0 Å². The van der Waals surface area contributed by atoms with Crippen LogP contribution >= 0.6 is 11.8 Å². The molecule has 0 bridgehead atoms. The molecule has 0 atom stereocenters. The normalized spacial score (nSPS) is 21.6. The van der Waals surface area contributed by atoms with Crippen molar-refractivity contribution in [3.63, 3.8) is 0 Å². The Labute approximate surface area is 84.2 Å². The van der Waals surface area contributed by atoms with E-state index in [1.165, 1.54) is 0 Å². The lowest BCUT2D eigenvalue weighted by molar-refractivity contribution is -0.134. The molecule has 0 aliphatic carbocycles. The summed E-state index contributed by atoms with van der Waals surface area (Å²) in [5.74, 6) is 0.864. The summed E-state index contributed by atoms with van der Waals surface area (Å²) in [7, 11) is 0. The van der Waals surface area contributed by atoms with Gasteiger partial charge in [0.05, 0.1) is 5.75 Å². The van der Waals surface area contributed by atoms with Crippen LogP contribution in [0.1, 0.15) is 13.8 Å². The Kier molecular flexibility index (Phi) is 3.62. The minimum atomic E-state index is -0.0228. The summed E-state index contributed by atoms with van der Waals surface area (Å²) in [6.45, 7) is 6.87. The van der Waals surface area contributed by atoms with Gasteiger partial charge in [0.2, 0.25) is 5.91 Å². The molecule has 0 aromatic rings. The molecule has 1 aliphatic heterocycles. The van der Waals surface area contributed by atoms with Crippen molar-refractivity contribution in [3.8, 4) is 0 Å². The maximum atomic E-state index is 11.7. The molecule has 0 spiro atoms. The summed E-state index contributed by atoms with van der Waals surface area (Å²) >= 11 is 1.59. The van der Waals surface area contributed by atoms with Crippen LogP contribution in [0.2, 0.25) is 0 Å². The molecule has 0 aromatic carbocycles. The number of rotatable bonds is 2. The number of hydrogen-bond donors (Lipinski definition) is 1. The van der Waals surface area contributed by atoms with Crippen molar-refractivity contribution in [2.45, 2.75) is 19.4 Å². The molecule has 1 aliphatic rings. The summed E-state index contributed by atoms with van der Waals surface area (Å²) < 4.78 is 0. The second kappa shape index (κ2) is 4.33. The Balaban J connectivity index is 2.59. The van der Waals surface area contributed by atoms with E-state index in [0.717, 1.165) is 19.6 Å². The summed E-state index contributed by atoms with van der Waals surface area (Å²) in [6, 6.07) is 0. The van der Waals surface area contributed by atoms with Crippen LogP contribution in [0.15, 0.2) is 0 Å². The maximum absolute atomic E-state index is 11.7. The summed E-state index contributed by atoms with van der Waals surface area (Å²) in [5, 5.41) is 3.30. The summed E-state index contributed by atoms with van der Waals surface area (Å²) in [4.78, 5) is 13.7. The van der Waals surface area contributed by atoms with Gasteiger partial charge < -0.3 is 10.2 Å². The number of nitrogens with zero attached hydrogens (tertiary/aromatic N) is 1. The van der Waals surface area contributed by atoms with Gasteiger partial charge in [0.1, 0.15) is 0 Å². The third-order valence-electron chi connectivity index (χ3n) is 2.37. The zero-order chi connectivity index (χ0) is 9.90. The van der Waals surface area contributed by atoms with E-state index in [2.05, 4.69) is 19.2 Å². The number of carbonyl (C=O) groups excluding carboxylic acids is 1. The smallest absolute Gasteiger partial charge is 0.233 e. The molecular weight excluding hydrogens is 184 g/mol. The van der Waals surface area contributed by atoms with E-state index in [9.17, 15) is 4.79 Å². The van der Waals surface area contributed by atoms with E-state index in [4.69, 9.17) is 0 Å². The first-order chi connectivity index (χ1) is 6.08. The van der Waals surface area contributed by atoms with Crippen LogP contribution in [-0.4, -0.2) is 48.0 Å². The predicted molar refractivity (Wildman–Crippen MR) is 57.0 cm³/mol. The number of amides is 1. The van der Waals surface area contributed by atoms with Crippen LogP contribution in [-0.2, 0) is 4.79 Å². The number of thioether (sulfide) groups is 1. The molecular formula is C9H18N2OS. The fourth-order valence-corrected chi connectivity index (χ4v) is 2.05. The standard InChI is InChI=1S/C9H18N2OS/c1-9(2)7-10-4-5-11(9)8(12)6-13-3/h10H,4-7H2,1-3H3. The predicted octanol–water partition coefficient (Wildman–Crippen LogP) is 0.560. The lowest BCUT2D eigenvalue weighted by Gasteiger charge is -2.42. The number of carbonyl (C=O) groups is 1. The van der Waals surface area contributed by atoms with E-state index in [1.807, 2.05) is 11.2 Å². The van der Waals surface area contributed by atoms with Gasteiger partial charge in [-0.1, -0.05) is 0 Å². The molecule has 4 heteroatoms. The van der Waals surface area contributed by atoms with Crippen LogP contribution in [0, 0.1) is 0 Å². The monoisotopic (exact) mass is 202 g/mol. The van der Waals surface area contributed by atoms with Crippen LogP contribution in [0.25, 0.3) is 0 Å². The van der Waals surface area contributed by atoms with Crippen LogP contribution in [0.5, 0.6) is 0 Å². The molecule has 0 saturated carbocycles. The molecule has 1 amide bonds. The average molecular weight is 202 g/mol. The van der Waals surface area contributed by atoms with Crippen molar-refractivity contribution in [2.75, 3.05) is 31.6 Å². The van der Waals surface area contributed by atoms with Gasteiger partial charge in [-0.3, -0.25) is 4.79 Å². The molecule has 13 heavy (non-hydrogen) atoms. The molecule has 0 radical (unpaired) electrons. The molecule has 1 rings (SSSR count). The zero-order valence-corrected chi connectivity index (χ0v) is 9.41. The van der Waals surface area contributed by atoms with E-state index in [0.29, 0.717) is 5.75 Å². The van der Waals surface area contributed by atoms with Gasteiger partial charge in [-0.25, -0.2) is 0 Å². The topological polar surface area (TPSA) is 32.3 Å². The Morgan fingerprint density at radius 3 is 2.85 bits per heavy atom. The van der Waals surface area contributed by atoms with Gasteiger partial charge >= 0.3 is 0 Å². The lowest BCUT2D eigenvalue weighted by atomic mass is 10.0. The van der Waals surface area contributed by atoms with Gasteiger partial charge in [0, 0.05) is 25.2 Å². The largest absolute Gasteiger partial charge is 0.334 e. The van der Waals surface area contributed by atoms with E-state index < -0.39 is 0 Å². The third kappa shape index (κ3) is 2.61. The second-order valence-electron chi connectivity index (χ2n) is 3.97. The van der Waals surface area contributed by atoms with Crippen LogP contribution in [0.3, 0.4) is 0 Å². The van der Waals surface area contributed by atoms with Gasteiger partial charge in [0.25, 0.3) is 0 Å².